The molecule has 19 heavy (non-hydrogen) atoms. The van der Waals surface area contributed by atoms with Gasteiger partial charge in [-0.05, 0) is 31.6 Å². The number of rotatable bonds is 6. The molecule has 0 spiro atoms. The molecule has 4 heteroatoms. The van der Waals surface area contributed by atoms with Crippen molar-refractivity contribution in [2.75, 3.05) is 19.4 Å². The second-order valence-corrected chi connectivity index (χ2v) is 5.56. The fourth-order valence-electron chi connectivity index (χ4n) is 1.77. The van der Waals surface area contributed by atoms with Gasteiger partial charge in [0, 0.05) is 24.7 Å². The molecular weight excluding hydrogens is 238 g/mol. The van der Waals surface area contributed by atoms with Crippen molar-refractivity contribution in [3.63, 3.8) is 0 Å². The van der Waals surface area contributed by atoms with Gasteiger partial charge in [-0.3, -0.25) is 4.79 Å². The van der Waals surface area contributed by atoms with Gasteiger partial charge in [0.25, 0.3) is 0 Å². The maximum atomic E-state index is 12.0. The van der Waals surface area contributed by atoms with Gasteiger partial charge in [0.1, 0.15) is 0 Å². The van der Waals surface area contributed by atoms with Crippen LogP contribution in [-0.4, -0.2) is 30.9 Å². The molecule has 0 aliphatic rings. The van der Waals surface area contributed by atoms with Gasteiger partial charge >= 0.3 is 0 Å². The van der Waals surface area contributed by atoms with Gasteiger partial charge in [-0.1, -0.05) is 32.0 Å². The van der Waals surface area contributed by atoms with E-state index in [0.717, 1.165) is 17.8 Å². The molecule has 0 saturated carbocycles. The van der Waals surface area contributed by atoms with Crippen LogP contribution >= 0.6 is 0 Å². The van der Waals surface area contributed by atoms with Crippen LogP contribution < -0.4 is 11.1 Å². The largest absolute Gasteiger partial charge is 0.327 e. The van der Waals surface area contributed by atoms with Gasteiger partial charge < -0.3 is 16.0 Å². The number of para-hydroxylation sites is 1. The van der Waals surface area contributed by atoms with Gasteiger partial charge in [-0.15, -0.1) is 0 Å². The van der Waals surface area contributed by atoms with Gasteiger partial charge in [0.05, 0.1) is 0 Å². The van der Waals surface area contributed by atoms with Crippen molar-refractivity contribution >= 4 is 11.6 Å². The Morgan fingerprint density at radius 2 is 1.95 bits per heavy atom. The Bertz CT molecular complexity index is 416. The van der Waals surface area contributed by atoms with Crippen LogP contribution in [0, 0.1) is 5.92 Å². The normalized spacial score (nSPS) is 12.8. The van der Waals surface area contributed by atoms with E-state index in [4.69, 9.17) is 5.73 Å². The zero-order valence-electron chi connectivity index (χ0n) is 12.3. The van der Waals surface area contributed by atoms with E-state index in [9.17, 15) is 4.79 Å². The van der Waals surface area contributed by atoms with Crippen molar-refractivity contribution in [2.24, 2.45) is 11.7 Å². The number of carbonyl (C=O) groups excluding carboxylic acids is 1. The molecule has 1 aromatic carbocycles. The highest BCUT2D eigenvalue weighted by molar-refractivity contribution is 5.91. The summed E-state index contributed by atoms with van der Waals surface area (Å²) in [5.74, 6) is 0.287. The van der Waals surface area contributed by atoms with Crippen LogP contribution in [0.1, 0.15) is 25.8 Å². The predicted molar refractivity (Wildman–Crippen MR) is 79.9 cm³/mol. The molecule has 1 atom stereocenters. The zero-order chi connectivity index (χ0) is 14.4. The number of nitrogens with zero attached hydrogens (tertiary/aromatic N) is 1. The average Bonchev–Trinajstić information content (AvgIpc) is 2.30. The predicted octanol–water partition coefficient (Wildman–Crippen LogP) is 2.06. The molecule has 1 unspecified atom stereocenters. The Labute approximate surface area is 116 Å². The van der Waals surface area contributed by atoms with E-state index in [1.165, 1.54) is 0 Å². The Kier molecular flexibility index (Phi) is 5.99. The van der Waals surface area contributed by atoms with Crippen LogP contribution in [0.15, 0.2) is 24.3 Å². The second-order valence-electron chi connectivity index (χ2n) is 5.56. The summed E-state index contributed by atoms with van der Waals surface area (Å²) in [5.41, 5.74) is 7.90. The maximum Gasteiger partial charge on any atom is 0.225 e. The molecule has 0 saturated heterocycles. The third-order valence-corrected chi connectivity index (χ3v) is 3.06. The first kappa shape index (κ1) is 15.7. The molecule has 1 aromatic rings. The third kappa shape index (κ3) is 5.41. The van der Waals surface area contributed by atoms with Gasteiger partial charge in [0.2, 0.25) is 5.91 Å². The van der Waals surface area contributed by atoms with Crippen molar-refractivity contribution in [1.29, 1.82) is 0 Å². The molecule has 3 N–H and O–H groups in total. The van der Waals surface area contributed by atoms with Crippen LogP contribution in [0.2, 0.25) is 0 Å². The molecule has 1 rings (SSSR count). The van der Waals surface area contributed by atoms with E-state index in [0.29, 0.717) is 12.3 Å². The highest BCUT2D eigenvalue weighted by Gasteiger charge is 2.14. The van der Waals surface area contributed by atoms with Crippen molar-refractivity contribution in [3.8, 4) is 0 Å². The van der Waals surface area contributed by atoms with Gasteiger partial charge in [-0.2, -0.15) is 0 Å². The van der Waals surface area contributed by atoms with Gasteiger partial charge in [-0.25, -0.2) is 0 Å². The van der Waals surface area contributed by atoms with Crippen molar-refractivity contribution in [3.05, 3.63) is 29.8 Å². The topological polar surface area (TPSA) is 58.4 Å². The lowest BCUT2D eigenvalue weighted by Gasteiger charge is -2.17. The highest BCUT2D eigenvalue weighted by Crippen LogP contribution is 2.17. The minimum Gasteiger partial charge on any atom is -0.327 e. The van der Waals surface area contributed by atoms with E-state index in [-0.39, 0.29) is 11.9 Å². The van der Waals surface area contributed by atoms with Crippen LogP contribution in [0.5, 0.6) is 0 Å². The Hall–Kier alpha value is -1.39. The summed E-state index contributed by atoms with van der Waals surface area (Å²) in [6.45, 7) is 4.85. The minimum atomic E-state index is -0.0963. The summed E-state index contributed by atoms with van der Waals surface area (Å²) >= 11 is 0. The Morgan fingerprint density at radius 3 is 2.53 bits per heavy atom. The first-order valence-corrected chi connectivity index (χ1v) is 6.68. The summed E-state index contributed by atoms with van der Waals surface area (Å²) in [7, 11) is 4.01. The number of benzene rings is 1. The van der Waals surface area contributed by atoms with Crippen LogP contribution in [0.4, 0.5) is 5.69 Å². The molecule has 1 amide bonds. The SMILES string of the molecule is CC(C)C(N)CC(=O)Nc1ccccc1CN(C)C. The average molecular weight is 263 g/mol. The van der Waals surface area contributed by atoms with E-state index in [1.54, 1.807) is 0 Å². The lowest BCUT2D eigenvalue weighted by Crippen LogP contribution is -2.31. The molecule has 0 bridgehead atoms. The van der Waals surface area contributed by atoms with E-state index < -0.39 is 0 Å². The fraction of sp³-hybridized carbons (Fsp3) is 0.533. The molecule has 0 aliphatic carbocycles. The number of hydrogen-bond acceptors (Lipinski definition) is 3. The number of nitrogens with one attached hydrogen (secondary N) is 1. The van der Waals surface area contributed by atoms with Crippen LogP contribution in [0.3, 0.4) is 0 Å². The Balaban J connectivity index is 2.68. The molecule has 4 nitrogen and oxygen atoms in total. The number of nitrogens with two attached hydrogens (primary N) is 1. The van der Waals surface area contributed by atoms with Gasteiger partial charge in [0.15, 0.2) is 0 Å². The van der Waals surface area contributed by atoms with E-state index >= 15 is 0 Å². The summed E-state index contributed by atoms with van der Waals surface area (Å²) in [6.07, 6.45) is 0.355. The summed E-state index contributed by atoms with van der Waals surface area (Å²) in [5, 5.41) is 2.96. The van der Waals surface area contributed by atoms with Crippen molar-refractivity contribution in [2.45, 2.75) is 32.9 Å². The quantitative estimate of drug-likeness (QED) is 0.826. The maximum absolute atomic E-state index is 12.0. The Morgan fingerprint density at radius 1 is 1.32 bits per heavy atom. The molecule has 0 radical (unpaired) electrons. The lowest BCUT2D eigenvalue weighted by atomic mass is 10.0. The smallest absolute Gasteiger partial charge is 0.225 e. The second kappa shape index (κ2) is 7.26. The van der Waals surface area contributed by atoms with Crippen LogP contribution in [0.25, 0.3) is 0 Å². The molecule has 0 aromatic heterocycles. The summed E-state index contributed by atoms with van der Waals surface area (Å²) in [6, 6.07) is 7.77. The first-order valence-electron chi connectivity index (χ1n) is 6.68. The van der Waals surface area contributed by atoms with E-state index in [1.807, 2.05) is 52.2 Å². The fourth-order valence-corrected chi connectivity index (χ4v) is 1.77. The van der Waals surface area contributed by atoms with Crippen molar-refractivity contribution in [1.82, 2.24) is 4.90 Å². The molecule has 0 fully saturated rings. The first-order chi connectivity index (χ1) is 8.90. The van der Waals surface area contributed by atoms with Crippen molar-refractivity contribution < 1.29 is 4.79 Å². The summed E-state index contributed by atoms with van der Waals surface area (Å²) in [4.78, 5) is 14.0. The third-order valence-electron chi connectivity index (χ3n) is 3.06. The molecule has 0 heterocycles. The lowest BCUT2D eigenvalue weighted by molar-refractivity contribution is -0.116. The molecule has 0 aliphatic heterocycles. The van der Waals surface area contributed by atoms with Crippen LogP contribution in [-0.2, 0) is 11.3 Å². The molecular formula is C15H25N3O. The number of hydrogen-bond donors (Lipinski definition) is 2. The van der Waals surface area contributed by atoms with E-state index in [2.05, 4.69) is 10.2 Å². The monoisotopic (exact) mass is 263 g/mol. The number of amides is 1. The minimum absolute atomic E-state index is 0.0209. The number of anilines is 1. The molecule has 106 valence electrons. The number of carbonyl (C=O) groups is 1. The summed E-state index contributed by atoms with van der Waals surface area (Å²) < 4.78 is 0. The standard InChI is InChI=1S/C15H25N3O/c1-11(2)13(16)9-15(19)17-14-8-6-5-7-12(14)10-18(3)4/h5-8,11,13H,9-10,16H2,1-4H3,(H,17,19). The highest BCUT2D eigenvalue weighted by atomic mass is 16.1. The zero-order valence-corrected chi connectivity index (χ0v) is 12.3.